The van der Waals surface area contributed by atoms with Crippen molar-refractivity contribution in [3.05, 3.63) is 66.5 Å². The number of hydrogen-bond acceptors (Lipinski definition) is 0. The Hall–Kier alpha value is -1.70. The van der Waals surface area contributed by atoms with Gasteiger partial charge in [0.15, 0.2) is 18.9 Å². The Labute approximate surface area is 83.0 Å². The molecule has 72 valence electrons. The number of rotatable bonds is 2. The van der Waals surface area contributed by atoms with Gasteiger partial charge in [-0.25, -0.2) is 4.57 Å². The highest BCUT2D eigenvalue weighted by molar-refractivity contribution is 5.13. The highest BCUT2D eigenvalue weighted by atomic mass is 19.0. The molecule has 0 atom stereocenters. The maximum atomic E-state index is 2.16. The van der Waals surface area contributed by atoms with Gasteiger partial charge in [-0.3, -0.25) is 0 Å². The zero-order chi connectivity index (χ0) is 8.93. The van der Waals surface area contributed by atoms with Gasteiger partial charge in [-0.2, -0.15) is 0 Å². The van der Waals surface area contributed by atoms with E-state index < -0.39 is 0 Å². The molecule has 0 saturated heterocycles. The van der Waals surface area contributed by atoms with E-state index in [2.05, 4.69) is 41.2 Å². The topological polar surface area (TPSA) is 3.88 Å². The van der Waals surface area contributed by atoms with E-state index in [9.17, 15) is 0 Å². The SMILES string of the molecule is [F-].c1ccc(C[n+]2ccccc2)cc1. The third-order valence-corrected chi connectivity index (χ3v) is 1.99. The minimum Gasteiger partial charge on any atom is -1.00 e. The van der Waals surface area contributed by atoms with Crippen LogP contribution in [0.4, 0.5) is 0 Å². The second-order valence-electron chi connectivity index (χ2n) is 3.03. The summed E-state index contributed by atoms with van der Waals surface area (Å²) in [6.07, 6.45) is 4.15. The summed E-state index contributed by atoms with van der Waals surface area (Å²) >= 11 is 0. The van der Waals surface area contributed by atoms with E-state index in [1.54, 1.807) is 0 Å². The Bertz CT molecular complexity index is 321. The fourth-order valence-corrected chi connectivity index (χ4v) is 1.33. The molecule has 2 rings (SSSR count). The van der Waals surface area contributed by atoms with Crippen molar-refractivity contribution in [3.8, 4) is 0 Å². The van der Waals surface area contributed by atoms with Crippen molar-refractivity contribution in [2.24, 2.45) is 0 Å². The van der Waals surface area contributed by atoms with Crippen LogP contribution in [0.15, 0.2) is 60.9 Å². The van der Waals surface area contributed by atoms with Crippen LogP contribution in [0, 0.1) is 0 Å². The van der Waals surface area contributed by atoms with Crippen LogP contribution in [-0.2, 0) is 6.54 Å². The summed E-state index contributed by atoms with van der Waals surface area (Å²) in [6.45, 7) is 0.946. The highest BCUT2D eigenvalue weighted by Crippen LogP contribution is 1.96. The van der Waals surface area contributed by atoms with Gasteiger partial charge in [0.2, 0.25) is 0 Å². The van der Waals surface area contributed by atoms with Crippen molar-refractivity contribution in [1.82, 2.24) is 0 Å². The normalized spacial score (nSPS) is 9.14. The van der Waals surface area contributed by atoms with Crippen molar-refractivity contribution < 1.29 is 9.27 Å². The Morgan fingerprint density at radius 3 is 2.00 bits per heavy atom. The van der Waals surface area contributed by atoms with Crippen molar-refractivity contribution in [2.75, 3.05) is 0 Å². The van der Waals surface area contributed by atoms with E-state index in [0.717, 1.165) is 6.54 Å². The predicted octanol–water partition coefficient (Wildman–Crippen LogP) is -0.974. The molecule has 0 fully saturated rings. The molecule has 0 amide bonds. The van der Waals surface area contributed by atoms with Crippen molar-refractivity contribution >= 4 is 0 Å². The van der Waals surface area contributed by atoms with E-state index in [1.807, 2.05) is 24.3 Å². The molecule has 1 nitrogen and oxygen atoms in total. The van der Waals surface area contributed by atoms with Gasteiger partial charge in [0, 0.05) is 17.7 Å². The molecule has 2 heteroatoms. The molecule has 0 N–H and O–H groups in total. The Morgan fingerprint density at radius 2 is 1.36 bits per heavy atom. The third-order valence-electron chi connectivity index (χ3n) is 1.99. The predicted molar refractivity (Wildman–Crippen MR) is 52.2 cm³/mol. The van der Waals surface area contributed by atoms with Gasteiger partial charge in [0.25, 0.3) is 0 Å². The summed E-state index contributed by atoms with van der Waals surface area (Å²) in [6, 6.07) is 16.6. The molecule has 0 radical (unpaired) electrons. The van der Waals surface area contributed by atoms with E-state index in [4.69, 9.17) is 0 Å². The van der Waals surface area contributed by atoms with Crippen LogP contribution in [-0.4, -0.2) is 0 Å². The zero-order valence-corrected chi connectivity index (χ0v) is 7.81. The van der Waals surface area contributed by atoms with Gasteiger partial charge in [0.05, 0.1) is 0 Å². The molecule has 2 aromatic rings. The summed E-state index contributed by atoms with van der Waals surface area (Å²) in [7, 11) is 0. The lowest BCUT2D eigenvalue weighted by Crippen LogP contribution is -3.00. The van der Waals surface area contributed by atoms with Gasteiger partial charge in [-0.1, -0.05) is 36.4 Å². The van der Waals surface area contributed by atoms with E-state index >= 15 is 0 Å². The molecule has 1 heterocycles. The Kier molecular flexibility index (Phi) is 3.80. The van der Waals surface area contributed by atoms with E-state index in [0.29, 0.717) is 0 Å². The number of hydrogen-bond donors (Lipinski definition) is 0. The summed E-state index contributed by atoms with van der Waals surface area (Å²) in [5.74, 6) is 0. The lowest BCUT2D eigenvalue weighted by atomic mass is 10.2. The van der Waals surface area contributed by atoms with Gasteiger partial charge in [-0.15, -0.1) is 0 Å². The average Bonchev–Trinajstić information content (AvgIpc) is 2.21. The van der Waals surface area contributed by atoms with E-state index in [1.165, 1.54) is 5.56 Å². The maximum Gasteiger partial charge on any atom is 0.173 e. The van der Waals surface area contributed by atoms with Crippen LogP contribution in [0.2, 0.25) is 0 Å². The van der Waals surface area contributed by atoms with Crippen LogP contribution >= 0.6 is 0 Å². The average molecular weight is 189 g/mol. The van der Waals surface area contributed by atoms with Gasteiger partial charge < -0.3 is 4.70 Å². The first-order valence-corrected chi connectivity index (χ1v) is 4.43. The van der Waals surface area contributed by atoms with Crippen molar-refractivity contribution in [3.63, 3.8) is 0 Å². The standard InChI is InChI=1S/C12H12N.FH/c1-3-7-12(8-4-1)11-13-9-5-2-6-10-13;/h1-10H,11H2;1H/q+1;/p-1. The zero-order valence-electron chi connectivity index (χ0n) is 7.81. The fourth-order valence-electron chi connectivity index (χ4n) is 1.33. The van der Waals surface area contributed by atoms with Crippen LogP contribution < -0.4 is 9.27 Å². The number of pyridine rings is 1. The van der Waals surface area contributed by atoms with E-state index in [-0.39, 0.29) is 4.70 Å². The molecule has 0 aliphatic heterocycles. The monoisotopic (exact) mass is 189 g/mol. The van der Waals surface area contributed by atoms with Crippen LogP contribution in [0.5, 0.6) is 0 Å². The minimum atomic E-state index is 0. The first-order valence-electron chi connectivity index (χ1n) is 4.43. The van der Waals surface area contributed by atoms with Crippen LogP contribution in [0.25, 0.3) is 0 Å². The fraction of sp³-hybridized carbons (Fsp3) is 0.0833. The molecule has 0 aliphatic carbocycles. The summed E-state index contributed by atoms with van der Waals surface area (Å²) in [5, 5.41) is 0. The smallest absolute Gasteiger partial charge is 0.173 e. The number of benzene rings is 1. The molecule has 0 aliphatic rings. The highest BCUT2D eigenvalue weighted by Gasteiger charge is 1.98. The van der Waals surface area contributed by atoms with Gasteiger partial charge >= 0.3 is 0 Å². The molecule has 0 bridgehead atoms. The second kappa shape index (κ2) is 5.12. The minimum absolute atomic E-state index is 0. The van der Waals surface area contributed by atoms with Gasteiger partial charge in [-0.05, 0) is 0 Å². The van der Waals surface area contributed by atoms with Crippen LogP contribution in [0.1, 0.15) is 5.56 Å². The molecular formula is C12H12FN. The van der Waals surface area contributed by atoms with Crippen LogP contribution in [0.3, 0.4) is 0 Å². The summed E-state index contributed by atoms with van der Waals surface area (Å²) < 4.78 is 2.16. The first-order chi connectivity index (χ1) is 6.45. The summed E-state index contributed by atoms with van der Waals surface area (Å²) in [4.78, 5) is 0. The molecule has 0 unspecified atom stereocenters. The van der Waals surface area contributed by atoms with Crippen molar-refractivity contribution in [2.45, 2.75) is 6.54 Å². The Balaban J connectivity index is 0.000000980. The summed E-state index contributed by atoms with van der Waals surface area (Å²) in [5.41, 5.74) is 1.33. The first kappa shape index (κ1) is 10.4. The van der Waals surface area contributed by atoms with Gasteiger partial charge in [0.1, 0.15) is 0 Å². The lowest BCUT2D eigenvalue weighted by Gasteiger charge is -1.95. The molecule has 0 saturated carbocycles. The maximum absolute atomic E-state index is 2.16. The van der Waals surface area contributed by atoms with Crippen molar-refractivity contribution in [1.29, 1.82) is 0 Å². The molecule has 1 aromatic carbocycles. The second-order valence-corrected chi connectivity index (χ2v) is 3.03. The number of aromatic nitrogens is 1. The Morgan fingerprint density at radius 1 is 0.786 bits per heavy atom. The quantitative estimate of drug-likeness (QED) is 0.535. The molecule has 0 spiro atoms. The number of halogens is 1. The third kappa shape index (κ3) is 2.66. The molecule has 1 aromatic heterocycles. The number of nitrogens with zero attached hydrogens (tertiary/aromatic N) is 1. The molecular weight excluding hydrogens is 177 g/mol. The lowest BCUT2D eigenvalue weighted by molar-refractivity contribution is -0.688. The largest absolute Gasteiger partial charge is 1.00 e. The molecule has 14 heavy (non-hydrogen) atoms.